The molecule has 3 aromatic rings. The zero-order valence-corrected chi connectivity index (χ0v) is 14.3. The van der Waals surface area contributed by atoms with Gasteiger partial charge in [0.1, 0.15) is 5.82 Å². The van der Waals surface area contributed by atoms with Gasteiger partial charge in [-0.3, -0.25) is 4.79 Å². The summed E-state index contributed by atoms with van der Waals surface area (Å²) >= 11 is 0. The summed E-state index contributed by atoms with van der Waals surface area (Å²) in [5.74, 6) is -0.217. The molecule has 2 atom stereocenters. The second-order valence-corrected chi connectivity index (χ2v) is 6.50. The van der Waals surface area contributed by atoms with E-state index in [2.05, 4.69) is 35.1 Å². The van der Waals surface area contributed by atoms with Gasteiger partial charge in [-0.2, -0.15) is 5.26 Å². The van der Waals surface area contributed by atoms with Crippen molar-refractivity contribution in [2.24, 2.45) is 5.92 Å². The average molecular weight is 331 g/mol. The molecule has 0 saturated heterocycles. The minimum atomic E-state index is -0.827. The minimum Gasteiger partial charge on any atom is -0.340 e. The smallest absolute Gasteiger partial charge is 0.162 e. The Balaban J connectivity index is 1.63. The maximum Gasteiger partial charge on any atom is 0.162 e. The largest absolute Gasteiger partial charge is 0.340 e. The molecule has 4 nitrogen and oxygen atoms in total. The normalized spacial score (nSPS) is 13.3. The Morgan fingerprint density at radius 1 is 1.16 bits per heavy atom. The van der Waals surface area contributed by atoms with Crippen molar-refractivity contribution >= 4 is 16.8 Å². The van der Waals surface area contributed by atoms with E-state index in [9.17, 15) is 10.1 Å². The van der Waals surface area contributed by atoms with Crippen LogP contribution in [0.1, 0.15) is 37.1 Å². The predicted octanol–water partition coefficient (Wildman–Crippen LogP) is 4.40. The first kappa shape index (κ1) is 16.9. The van der Waals surface area contributed by atoms with E-state index in [-0.39, 0.29) is 11.7 Å². The van der Waals surface area contributed by atoms with E-state index < -0.39 is 5.92 Å². The standard InChI is InChI=1S/C21H21N3O/c1-15(11-12-16-7-3-2-4-8-16)13-20(25)17(14-22)21-23-18-9-5-6-10-19(18)24-21/h2-10,15,17H,11-13H2,1H3,(H,23,24). The number of ketones is 1. The molecular formula is C21H21N3O. The molecule has 1 aromatic heterocycles. The topological polar surface area (TPSA) is 69.5 Å². The molecule has 0 bridgehead atoms. The highest BCUT2D eigenvalue weighted by Crippen LogP contribution is 2.22. The molecule has 1 N–H and O–H groups in total. The third kappa shape index (κ3) is 4.13. The number of nitriles is 1. The first-order valence-corrected chi connectivity index (χ1v) is 8.58. The Bertz CT molecular complexity index is 859. The van der Waals surface area contributed by atoms with E-state index >= 15 is 0 Å². The number of nitrogens with zero attached hydrogens (tertiary/aromatic N) is 2. The number of benzene rings is 2. The van der Waals surface area contributed by atoms with Crippen LogP contribution >= 0.6 is 0 Å². The zero-order valence-electron chi connectivity index (χ0n) is 14.3. The molecule has 0 aliphatic heterocycles. The minimum absolute atomic E-state index is 0.0675. The summed E-state index contributed by atoms with van der Waals surface area (Å²) in [4.78, 5) is 20.1. The summed E-state index contributed by atoms with van der Waals surface area (Å²) in [5, 5.41) is 9.46. The molecule has 2 aromatic carbocycles. The number of Topliss-reactive ketones (excluding diaryl/α,β-unsaturated/α-hetero) is 1. The average Bonchev–Trinajstić information content (AvgIpc) is 3.05. The molecule has 0 spiro atoms. The summed E-state index contributed by atoms with van der Waals surface area (Å²) < 4.78 is 0. The fourth-order valence-electron chi connectivity index (χ4n) is 3.02. The molecule has 0 amide bonds. The van der Waals surface area contributed by atoms with Crippen LogP contribution in [-0.2, 0) is 11.2 Å². The van der Waals surface area contributed by atoms with Crippen LogP contribution in [0.15, 0.2) is 54.6 Å². The highest BCUT2D eigenvalue weighted by Gasteiger charge is 2.25. The van der Waals surface area contributed by atoms with E-state index in [0.717, 1.165) is 23.9 Å². The number of rotatable bonds is 7. The fourth-order valence-corrected chi connectivity index (χ4v) is 3.02. The van der Waals surface area contributed by atoms with Crippen molar-refractivity contribution in [1.29, 1.82) is 5.26 Å². The van der Waals surface area contributed by atoms with Crippen LogP contribution in [0.25, 0.3) is 11.0 Å². The first-order valence-electron chi connectivity index (χ1n) is 8.58. The molecule has 2 unspecified atom stereocenters. The van der Waals surface area contributed by atoms with Crippen molar-refractivity contribution in [3.63, 3.8) is 0 Å². The number of carbonyl (C=O) groups excluding carboxylic acids is 1. The molecule has 0 fully saturated rings. The van der Waals surface area contributed by atoms with E-state index in [0.29, 0.717) is 12.2 Å². The number of aryl methyl sites for hydroxylation is 1. The lowest BCUT2D eigenvalue weighted by Crippen LogP contribution is -2.16. The fraction of sp³-hybridized carbons (Fsp3) is 0.286. The van der Waals surface area contributed by atoms with E-state index in [1.807, 2.05) is 42.5 Å². The van der Waals surface area contributed by atoms with Crippen molar-refractivity contribution in [3.8, 4) is 6.07 Å². The molecule has 3 rings (SSSR count). The lowest BCUT2D eigenvalue weighted by Gasteiger charge is -2.12. The van der Waals surface area contributed by atoms with Crippen LogP contribution in [0.4, 0.5) is 0 Å². The summed E-state index contributed by atoms with van der Waals surface area (Å²) in [6.45, 7) is 2.06. The van der Waals surface area contributed by atoms with Crippen LogP contribution in [0, 0.1) is 17.2 Å². The number of hydrogen-bond donors (Lipinski definition) is 1. The molecule has 0 aliphatic carbocycles. The Labute approximate surface area is 147 Å². The van der Waals surface area contributed by atoms with Crippen molar-refractivity contribution in [2.75, 3.05) is 0 Å². The van der Waals surface area contributed by atoms with Crippen LogP contribution in [0.3, 0.4) is 0 Å². The SMILES string of the molecule is CC(CCc1ccccc1)CC(=O)C(C#N)c1nc2ccccc2[nH]1. The number of para-hydroxylation sites is 2. The molecule has 0 saturated carbocycles. The number of hydrogen-bond acceptors (Lipinski definition) is 3. The Hall–Kier alpha value is -2.93. The Kier molecular flexibility index (Phi) is 5.25. The monoisotopic (exact) mass is 331 g/mol. The number of nitrogens with one attached hydrogen (secondary N) is 1. The van der Waals surface area contributed by atoms with Crippen molar-refractivity contribution in [2.45, 2.75) is 32.1 Å². The second kappa shape index (κ2) is 7.76. The van der Waals surface area contributed by atoms with Gasteiger partial charge in [0.15, 0.2) is 11.7 Å². The number of fused-ring (bicyclic) bond motifs is 1. The van der Waals surface area contributed by atoms with Crippen LogP contribution in [-0.4, -0.2) is 15.8 Å². The van der Waals surface area contributed by atoms with E-state index in [4.69, 9.17) is 0 Å². The number of H-pyrrole nitrogens is 1. The molecule has 126 valence electrons. The van der Waals surface area contributed by atoms with Gasteiger partial charge in [0.2, 0.25) is 0 Å². The van der Waals surface area contributed by atoms with Crippen LogP contribution in [0.2, 0.25) is 0 Å². The second-order valence-electron chi connectivity index (χ2n) is 6.50. The first-order chi connectivity index (χ1) is 12.2. The van der Waals surface area contributed by atoms with Crippen LogP contribution < -0.4 is 0 Å². The van der Waals surface area contributed by atoms with Gasteiger partial charge in [0.25, 0.3) is 0 Å². The highest BCUT2D eigenvalue weighted by atomic mass is 16.1. The molecule has 0 aliphatic rings. The molecule has 4 heteroatoms. The zero-order chi connectivity index (χ0) is 17.6. The van der Waals surface area contributed by atoms with Crippen LogP contribution in [0.5, 0.6) is 0 Å². The van der Waals surface area contributed by atoms with Gasteiger partial charge in [-0.25, -0.2) is 4.98 Å². The van der Waals surface area contributed by atoms with Gasteiger partial charge in [0, 0.05) is 6.42 Å². The number of carbonyl (C=O) groups is 1. The quantitative estimate of drug-likeness (QED) is 0.697. The third-order valence-electron chi connectivity index (χ3n) is 4.45. The number of aromatic nitrogens is 2. The predicted molar refractivity (Wildman–Crippen MR) is 98.0 cm³/mol. The number of imidazole rings is 1. The molecule has 1 heterocycles. The summed E-state index contributed by atoms with van der Waals surface area (Å²) in [7, 11) is 0. The molecule has 25 heavy (non-hydrogen) atoms. The summed E-state index contributed by atoms with van der Waals surface area (Å²) in [5.41, 5.74) is 2.90. The molecular weight excluding hydrogens is 310 g/mol. The maximum atomic E-state index is 12.6. The van der Waals surface area contributed by atoms with Crippen molar-refractivity contribution < 1.29 is 4.79 Å². The Morgan fingerprint density at radius 2 is 1.88 bits per heavy atom. The van der Waals surface area contributed by atoms with Crippen molar-refractivity contribution in [1.82, 2.24) is 9.97 Å². The third-order valence-corrected chi connectivity index (χ3v) is 4.45. The summed E-state index contributed by atoms with van der Waals surface area (Å²) in [6.07, 6.45) is 2.26. The lowest BCUT2D eigenvalue weighted by atomic mass is 9.91. The van der Waals surface area contributed by atoms with Gasteiger partial charge in [-0.05, 0) is 36.5 Å². The van der Waals surface area contributed by atoms with Gasteiger partial charge in [0.05, 0.1) is 17.1 Å². The van der Waals surface area contributed by atoms with Gasteiger partial charge in [-0.1, -0.05) is 49.4 Å². The number of aromatic amines is 1. The van der Waals surface area contributed by atoms with Gasteiger partial charge < -0.3 is 4.98 Å². The Morgan fingerprint density at radius 3 is 2.60 bits per heavy atom. The van der Waals surface area contributed by atoms with E-state index in [1.165, 1.54) is 5.56 Å². The van der Waals surface area contributed by atoms with Crippen molar-refractivity contribution in [3.05, 3.63) is 66.0 Å². The molecule has 0 radical (unpaired) electrons. The lowest BCUT2D eigenvalue weighted by molar-refractivity contribution is -0.120. The van der Waals surface area contributed by atoms with Gasteiger partial charge in [-0.15, -0.1) is 0 Å². The van der Waals surface area contributed by atoms with Gasteiger partial charge >= 0.3 is 0 Å². The highest BCUT2D eigenvalue weighted by molar-refractivity contribution is 5.88. The summed E-state index contributed by atoms with van der Waals surface area (Å²) in [6, 6.07) is 19.9. The van der Waals surface area contributed by atoms with E-state index in [1.54, 1.807) is 0 Å². The maximum absolute atomic E-state index is 12.6.